The minimum absolute atomic E-state index is 0.0204. The number of hydrogen-bond donors (Lipinski definition) is 1. The van der Waals surface area contributed by atoms with Crippen molar-refractivity contribution < 1.29 is 14.1 Å². The third kappa shape index (κ3) is 4.51. The van der Waals surface area contributed by atoms with Crippen molar-refractivity contribution in [3.05, 3.63) is 41.2 Å². The van der Waals surface area contributed by atoms with Crippen LogP contribution in [0.25, 0.3) is 0 Å². The average Bonchev–Trinajstić information content (AvgIpc) is 2.54. The molecule has 2 rings (SSSR count). The van der Waals surface area contributed by atoms with Gasteiger partial charge in [-0.2, -0.15) is 5.84 Å². The van der Waals surface area contributed by atoms with Gasteiger partial charge in [-0.1, -0.05) is 12.1 Å². The number of rotatable bonds is 6. The molecule has 0 aliphatic carbocycles. The minimum Gasteiger partial charge on any atom is -0.342 e. The number of halogens is 1. The van der Waals surface area contributed by atoms with Crippen molar-refractivity contribution in [2.75, 3.05) is 19.8 Å². The van der Waals surface area contributed by atoms with Gasteiger partial charge in [0.1, 0.15) is 0 Å². The predicted molar refractivity (Wildman–Crippen MR) is 81.8 cm³/mol. The Bertz CT molecular complexity index is 511. The number of piperidine rings is 1. The molecule has 6 heteroatoms. The van der Waals surface area contributed by atoms with Crippen LogP contribution in [0.2, 0.25) is 0 Å². The SMILES string of the molecule is N[N+](=O)c1ccc(C[CH]C(=O)N2CCC(CCF)CC2)cc1. The normalized spacial score (nSPS) is 15.8. The van der Waals surface area contributed by atoms with Crippen molar-refractivity contribution >= 4 is 11.6 Å². The lowest BCUT2D eigenvalue weighted by molar-refractivity contribution is -0.474. The van der Waals surface area contributed by atoms with Crippen LogP contribution in [-0.4, -0.2) is 35.4 Å². The zero-order valence-electron chi connectivity index (χ0n) is 12.6. The van der Waals surface area contributed by atoms with E-state index in [1.54, 1.807) is 30.7 Å². The first-order chi connectivity index (χ1) is 10.6. The van der Waals surface area contributed by atoms with Gasteiger partial charge in [-0.05, 0) is 37.2 Å². The van der Waals surface area contributed by atoms with Crippen LogP contribution in [0.1, 0.15) is 24.8 Å². The highest BCUT2D eigenvalue weighted by molar-refractivity contribution is 5.85. The fraction of sp³-hybridized carbons (Fsp3) is 0.500. The lowest BCUT2D eigenvalue weighted by atomic mass is 9.94. The summed E-state index contributed by atoms with van der Waals surface area (Å²) < 4.78 is 12.3. The smallest absolute Gasteiger partial charge is 0.291 e. The lowest BCUT2D eigenvalue weighted by Crippen LogP contribution is -2.38. The molecule has 1 saturated heterocycles. The summed E-state index contributed by atoms with van der Waals surface area (Å²) in [5, 5.41) is 0. The van der Waals surface area contributed by atoms with Gasteiger partial charge in [-0.3, -0.25) is 9.18 Å². The molecule has 5 nitrogen and oxygen atoms in total. The van der Waals surface area contributed by atoms with Crippen LogP contribution < -0.4 is 5.84 Å². The van der Waals surface area contributed by atoms with E-state index < -0.39 is 0 Å². The molecule has 0 spiro atoms. The van der Waals surface area contributed by atoms with Crippen LogP contribution in [0, 0.1) is 17.2 Å². The highest BCUT2D eigenvalue weighted by Crippen LogP contribution is 2.21. The Kier molecular flexibility index (Phi) is 5.86. The zero-order valence-corrected chi connectivity index (χ0v) is 12.6. The first-order valence-electron chi connectivity index (χ1n) is 7.59. The Morgan fingerprint density at radius 3 is 2.50 bits per heavy atom. The van der Waals surface area contributed by atoms with E-state index in [-0.39, 0.29) is 12.6 Å². The minimum atomic E-state index is -0.273. The van der Waals surface area contributed by atoms with Crippen molar-refractivity contribution in [3.63, 3.8) is 0 Å². The third-order valence-corrected chi connectivity index (χ3v) is 4.15. The van der Waals surface area contributed by atoms with Crippen LogP contribution in [0.3, 0.4) is 0 Å². The molecule has 0 saturated carbocycles. The van der Waals surface area contributed by atoms with E-state index >= 15 is 0 Å². The maximum Gasteiger partial charge on any atom is 0.291 e. The third-order valence-electron chi connectivity index (χ3n) is 4.15. The number of benzene rings is 1. The lowest BCUT2D eigenvalue weighted by Gasteiger charge is -2.31. The fourth-order valence-corrected chi connectivity index (χ4v) is 2.71. The van der Waals surface area contributed by atoms with E-state index in [0.29, 0.717) is 42.4 Å². The van der Waals surface area contributed by atoms with Gasteiger partial charge < -0.3 is 4.90 Å². The number of nitrogens with zero attached hydrogens (tertiary/aromatic N) is 2. The molecular weight excluding hydrogens is 285 g/mol. The number of carbonyl (C=O) groups excluding carboxylic acids is 1. The Morgan fingerprint density at radius 1 is 1.32 bits per heavy atom. The zero-order chi connectivity index (χ0) is 15.9. The average molecular weight is 307 g/mol. The van der Waals surface area contributed by atoms with E-state index in [4.69, 9.17) is 5.84 Å². The molecule has 1 radical (unpaired) electrons. The largest absolute Gasteiger partial charge is 0.342 e. The van der Waals surface area contributed by atoms with Crippen molar-refractivity contribution in [1.82, 2.24) is 4.90 Å². The van der Waals surface area contributed by atoms with Crippen molar-refractivity contribution in [1.29, 1.82) is 0 Å². The van der Waals surface area contributed by atoms with Crippen molar-refractivity contribution in [2.24, 2.45) is 11.8 Å². The van der Waals surface area contributed by atoms with E-state index in [1.807, 2.05) is 4.90 Å². The highest BCUT2D eigenvalue weighted by Gasteiger charge is 2.22. The molecule has 0 bridgehead atoms. The summed E-state index contributed by atoms with van der Waals surface area (Å²) >= 11 is 0. The van der Waals surface area contributed by atoms with Crippen LogP contribution in [0.4, 0.5) is 10.1 Å². The summed E-state index contributed by atoms with van der Waals surface area (Å²) in [5.74, 6) is 5.53. The van der Waals surface area contributed by atoms with Crippen molar-refractivity contribution in [3.8, 4) is 0 Å². The number of carbonyl (C=O) groups is 1. The van der Waals surface area contributed by atoms with Crippen LogP contribution in [0.5, 0.6) is 0 Å². The van der Waals surface area contributed by atoms with Gasteiger partial charge in [0, 0.05) is 25.2 Å². The molecule has 22 heavy (non-hydrogen) atoms. The second-order valence-electron chi connectivity index (χ2n) is 5.65. The maximum absolute atomic E-state index is 12.3. The van der Waals surface area contributed by atoms with Gasteiger partial charge >= 0.3 is 0 Å². The Morgan fingerprint density at radius 2 is 1.95 bits per heavy atom. The number of likely N-dealkylation sites (tertiary alicyclic amines) is 1. The van der Waals surface area contributed by atoms with Gasteiger partial charge in [0.2, 0.25) is 5.91 Å². The first-order valence-corrected chi connectivity index (χ1v) is 7.59. The number of amides is 1. The Hall–Kier alpha value is -1.98. The van der Waals surface area contributed by atoms with Crippen LogP contribution in [0.15, 0.2) is 24.3 Å². The number of nitrogens with two attached hydrogens (primary N) is 1. The molecule has 2 N–H and O–H groups in total. The second kappa shape index (κ2) is 7.87. The summed E-state index contributed by atoms with van der Waals surface area (Å²) in [7, 11) is 0. The standard InChI is InChI=1S/C16H22FN3O2/c17-10-7-14-8-11-19(12-9-14)16(21)6-3-13-1-4-15(5-2-13)20(18)22/h1-2,4-6,14H,3,7-12H2,(H2,18,22)/q+1. The molecule has 0 unspecified atom stereocenters. The van der Waals surface area contributed by atoms with Gasteiger partial charge in [0.05, 0.1) is 18.0 Å². The Balaban J connectivity index is 1.77. The molecule has 0 atom stereocenters. The molecule has 1 aromatic rings. The van der Waals surface area contributed by atoms with E-state index in [1.165, 1.54) is 0 Å². The molecule has 1 aliphatic heterocycles. The topological polar surface area (TPSA) is 66.4 Å². The molecule has 1 fully saturated rings. The Labute approximate surface area is 129 Å². The van der Waals surface area contributed by atoms with Gasteiger partial charge in [0.15, 0.2) is 4.87 Å². The number of alkyl halides is 1. The molecule has 1 amide bonds. The van der Waals surface area contributed by atoms with Gasteiger partial charge in [0.25, 0.3) is 5.69 Å². The fourth-order valence-electron chi connectivity index (χ4n) is 2.71. The summed E-state index contributed by atoms with van der Waals surface area (Å²) in [5.41, 5.74) is 1.33. The summed E-state index contributed by atoms with van der Waals surface area (Å²) in [6, 6.07) is 6.82. The molecule has 1 heterocycles. The summed E-state index contributed by atoms with van der Waals surface area (Å²) in [4.78, 5) is 25.2. The van der Waals surface area contributed by atoms with E-state index in [9.17, 15) is 14.1 Å². The molecule has 0 aromatic heterocycles. The first kappa shape index (κ1) is 16.4. The molecule has 1 aliphatic rings. The van der Waals surface area contributed by atoms with E-state index in [2.05, 4.69) is 0 Å². The monoisotopic (exact) mass is 307 g/mol. The molecule has 1 aromatic carbocycles. The molecule has 119 valence electrons. The maximum atomic E-state index is 12.3. The van der Waals surface area contributed by atoms with E-state index in [0.717, 1.165) is 18.4 Å². The van der Waals surface area contributed by atoms with Crippen molar-refractivity contribution in [2.45, 2.75) is 25.7 Å². The van der Waals surface area contributed by atoms with Crippen LogP contribution >= 0.6 is 0 Å². The summed E-state index contributed by atoms with van der Waals surface area (Å²) in [6.07, 6.45) is 4.55. The second-order valence-corrected chi connectivity index (χ2v) is 5.65. The molecular formula is C16H22FN3O2+. The quantitative estimate of drug-likeness (QED) is 0.498. The number of hydrogen-bond acceptors (Lipinski definition) is 2. The highest BCUT2D eigenvalue weighted by atomic mass is 19.1. The van der Waals surface area contributed by atoms with Crippen LogP contribution in [-0.2, 0) is 11.2 Å². The number of nitroso groups, excluding NO2 is 1. The van der Waals surface area contributed by atoms with Gasteiger partial charge in [-0.25, -0.2) is 0 Å². The van der Waals surface area contributed by atoms with Gasteiger partial charge in [-0.15, -0.1) is 0 Å². The predicted octanol–water partition coefficient (Wildman–Crippen LogP) is 2.32. The summed E-state index contributed by atoms with van der Waals surface area (Å²) in [6.45, 7) is 1.14. The number of hydrazine groups is 1.